The Morgan fingerprint density at radius 3 is 2.48 bits per heavy atom. The maximum absolute atomic E-state index is 14.6. The molecule has 1 heterocycles. The predicted molar refractivity (Wildman–Crippen MR) is 222 cm³/mol. The number of rotatable bonds is 20. The zero-order valence-corrected chi connectivity index (χ0v) is 33.2. The van der Waals surface area contributed by atoms with Crippen molar-refractivity contribution in [2.24, 2.45) is 22.9 Å². The maximum atomic E-state index is 14.6. The summed E-state index contributed by atoms with van der Waals surface area (Å²) in [5.74, 6) is -1.73. The lowest BCUT2D eigenvalue weighted by Crippen LogP contribution is -2.70. The fraction of sp³-hybridized carbons (Fsp3) is 0.435. The minimum Gasteiger partial charge on any atom is -0.508 e. The maximum Gasteiger partial charge on any atom is 0.269 e. The number of ether oxygens (including phenoxy) is 2. The van der Waals surface area contributed by atoms with Gasteiger partial charge < -0.3 is 34.5 Å². The molecule has 0 aromatic heterocycles. The molecule has 0 radical (unpaired) electrons. The van der Waals surface area contributed by atoms with Crippen LogP contribution in [0, 0.1) is 27.9 Å². The number of carbonyl (C=O) groups is 1. The number of aromatic hydroxyl groups is 1. The first kappa shape index (κ1) is 42.3. The highest BCUT2D eigenvalue weighted by molar-refractivity contribution is 6.03. The number of fused-ring (bicyclic) bond motifs is 2. The van der Waals surface area contributed by atoms with E-state index in [1.165, 1.54) is 18.2 Å². The van der Waals surface area contributed by atoms with Gasteiger partial charge in [0.2, 0.25) is 11.7 Å². The molecule has 1 aliphatic heterocycles. The van der Waals surface area contributed by atoms with E-state index in [1.807, 2.05) is 37.3 Å². The van der Waals surface area contributed by atoms with Crippen LogP contribution in [0.4, 0.5) is 5.69 Å². The number of oxime groups is 1. The van der Waals surface area contributed by atoms with Gasteiger partial charge in [-0.2, -0.15) is 0 Å². The Labute approximate surface area is 340 Å². The number of aliphatic hydroxyl groups excluding tert-OH is 2. The second-order valence-corrected chi connectivity index (χ2v) is 15.3. The fourth-order valence-corrected chi connectivity index (χ4v) is 9.05. The number of phenols is 1. The molecule has 3 N–H and O–H groups in total. The monoisotopic (exact) mass is 793 g/mol. The highest BCUT2D eigenvalue weighted by Gasteiger charge is 2.65. The topological polar surface area (TPSA) is 164 Å². The van der Waals surface area contributed by atoms with Crippen LogP contribution in [0.2, 0.25) is 0 Å². The van der Waals surface area contributed by atoms with E-state index < -0.39 is 22.7 Å². The number of hydrogen-bond acceptors (Lipinski definition) is 10. The molecule has 12 nitrogen and oxygen atoms in total. The number of phenolic OH excluding ortho intramolecular Hbond substituents is 1. The summed E-state index contributed by atoms with van der Waals surface area (Å²) in [7, 11) is 0. The van der Waals surface area contributed by atoms with Crippen LogP contribution >= 0.6 is 0 Å². The van der Waals surface area contributed by atoms with Crippen molar-refractivity contribution in [1.82, 2.24) is 4.90 Å². The number of carbonyl (C=O) groups excluding carboxylic acids is 1. The van der Waals surface area contributed by atoms with Crippen LogP contribution in [-0.4, -0.2) is 75.0 Å². The summed E-state index contributed by atoms with van der Waals surface area (Å²) >= 11 is 0. The second-order valence-electron chi connectivity index (χ2n) is 15.3. The molecule has 0 spiro atoms. The SMILES string of the molecule is C=CCO[C@@]12Oc3ccc(O)cc3[C@H]3[C@H](CCCCO)[C@@H](CCCCO)C=C(C(=NOCc4ccccc4)C[C@@H]1N(CCC)C(=O)C=Cc1ccc([N+](=O)[O-])cc1)[C@H]32. The Morgan fingerprint density at radius 1 is 1.05 bits per heavy atom. The summed E-state index contributed by atoms with van der Waals surface area (Å²) in [6, 6.07) is 20.2. The van der Waals surface area contributed by atoms with Crippen LogP contribution < -0.4 is 4.74 Å². The number of aliphatic hydroxyl groups is 2. The minimum absolute atomic E-state index is 0.0257. The number of amides is 1. The molecule has 58 heavy (non-hydrogen) atoms. The van der Waals surface area contributed by atoms with Crippen molar-refractivity contribution >= 4 is 23.4 Å². The zero-order chi connectivity index (χ0) is 41.1. The van der Waals surface area contributed by atoms with E-state index >= 15 is 0 Å². The standard InChI is InChI=1S/C46H55N3O9/c1-3-24-48(43(53)23-18-32-16-19-35(20-17-32)49(54)55)42-30-40(47-57-31-33-12-6-5-7-13-33)38-28-34(14-8-10-25-50)37(15-9-11-26-51)44-39-29-36(52)21-22-41(39)58-46(42,45(38)44)56-27-4-2/h4-7,12-13,16-23,28-29,34,37,42,44-45,50-52H,2-3,8-11,14-15,24-27,30-31H2,1H3/t34-,37+,42-,44+,45+,46+/m0/s1. The number of unbranched alkanes of at least 4 members (excludes halogenated alkanes) is 2. The number of nitro benzene ring substituents is 1. The minimum atomic E-state index is -1.43. The zero-order valence-electron chi connectivity index (χ0n) is 33.2. The average molecular weight is 794 g/mol. The highest BCUT2D eigenvalue weighted by atomic mass is 16.7. The molecule has 1 amide bonds. The summed E-state index contributed by atoms with van der Waals surface area (Å²) < 4.78 is 14.1. The highest BCUT2D eigenvalue weighted by Crippen LogP contribution is 2.62. The van der Waals surface area contributed by atoms with Gasteiger partial charge in [0.05, 0.1) is 23.2 Å². The quantitative estimate of drug-likeness (QED) is 0.0337. The first-order valence-corrected chi connectivity index (χ1v) is 20.4. The average Bonchev–Trinajstić information content (AvgIpc) is 3.23. The molecular weight excluding hydrogens is 739 g/mol. The molecule has 0 unspecified atom stereocenters. The first-order valence-electron chi connectivity index (χ1n) is 20.4. The van der Waals surface area contributed by atoms with Crippen LogP contribution in [0.1, 0.15) is 80.9 Å². The molecule has 2 aliphatic carbocycles. The molecule has 6 atom stereocenters. The third-order valence-electron chi connectivity index (χ3n) is 11.6. The molecule has 3 aliphatic rings. The number of non-ortho nitro benzene ring substituents is 1. The summed E-state index contributed by atoms with van der Waals surface area (Å²) in [6.45, 7) is 6.87. The van der Waals surface area contributed by atoms with Crippen molar-refractivity contribution < 1.29 is 39.3 Å². The van der Waals surface area contributed by atoms with Crippen LogP contribution in [0.15, 0.2) is 108 Å². The van der Waals surface area contributed by atoms with Gasteiger partial charge in [0, 0.05) is 55.9 Å². The van der Waals surface area contributed by atoms with Crippen molar-refractivity contribution in [3.05, 3.63) is 130 Å². The molecule has 308 valence electrons. The molecule has 0 bridgehead atoms. The summed E-state index contributed by atoms with van der Waals surface area (Å²) in [6.07, 6.45) is 12.4. The summed E-state index contributed by atoms with van der Waals surface area (Å²) in [4.78, 5) is 33.3. The largest absolute Gasteiger partial charge is 0.508 e. The van der Waals surface area contributed by atoms with Gasteiger partial charge in [-0.25, -0.2) is 0 Å². The van der Waals surface area contributed by atoms with E-state index in [0.717, 1.165) is 42.4 Å². The van der Waals surface area contributed by atoms with Crippen molar-refractivity contribution in [3.63, 3.8) is 0 Å². The van der Waals surface area contributed by atoms with Gasteiger partial charge in [-0.05, 0) is 97.0 Å². The number of hydrogen-bond donors (Lipinski definition) is 3. The van der Waals surface area contributed by atoms with Crippen molar-refractivity contribution in [2.75, 3.05) is 26.4 Å². The van der Waals surface area contributed by atoms with E-state index in [9.17, 15) is 30.2 Å². The van der Waals surface area contributed by atoms with Crippen LogP contribution in [0.5, 0.6) is 11.5 Å². The molecule has 3 aromatic carbocycles. The van der Waals surface area contributed by atoms with Crippen LogP contribution in [-0.2, 0) is 21.0 Å². The van der Waals surface area contributed by atoms with Gasteiger partial charge in [0.15, 0.2) is 0 Å². The molecule has 1 saturated carbocycles. The van der Waals surface area contributed by atoms with Crippen molar-refractivity contribution in [2.45, 2.75) is 82.6 Å². The van der Waals surface area contributed by atoms with Gasteiger partial charge >= 0.3 is 0 Å². The lowest BCUT2D eigenvalue weighted by Gasteiger charge is -2.60. The first-order chi connectivity index (χ1) is 28.2. The third kappa shape index (κ3) is 9.36. The van der Waals surface area contributed by atoms with E-state index in [1.54, 1.807) is 47.4 Å². The lowest BCUT2D eigenvalue weighted by molar-refractivity contribution is -0.384. The summed E-state index contributed by atoms with van der Waals surface area (Å²) in [5, 5.41) is 46.7. The van der Waals surface area contributed by atoms with Crippen LogP contribution in [0.25, 0.3) is 6.08 Å². The van der Waals surface area contributed by atoms with Gasteiger partial charge in [0.25, 0.3) is 5.69 Å². The molecule has 1 fully saturated rings. The van der Waals surface area contributed by atoms with Crippen LogP contribution in [0.3, 0.4) is 0 Å². The number of nitrogens with zero attached hydrogens (tertiary/aromatic N) is 3. The normalized spacial score (nSPS) is 24.0. The van der Waals surface area contributed by atoms with Gasteiger partial charge in [0.1, 0.15) is 24.1 Å². The lowest BCUT2D eigenvalue weighted by atomic mass is 9.55. The molecular formula is C46H55N3O9. The molecule has 3 aromatic rings. The fourth-order valence-electron chi connectivity index (χ4n) is 9.05. The smallest absolute Gasteiger partial charge is 0.269 e. The van der Waals surface area contributed by atoms with E-state index in [2.05, 4.69) is 12.7 Å². The number of allylic oxidation sites excluding steroid dienone is 1. The Hall–Kier alpha value is -5.30. The number of nitro groups is 1. The van der Waals surface area contributed by atoms with E-state index in [4.69, 9.17) is 19.5 Å². The third-order valence-corrected chi connectivity index (χ3v) is 11.6. The molecule has 6 rings (SSSR count). The molecule has 12 heteroatoms. The molecule has 0 saturated heterocycles. The Kier molecular flexibility index (Phi) is 14.5. The number of benzene rings is 3. The van der Waals surface area contributed by atoms with Gasteiger partial charge in [-0.1, -0.05) is 67.4 Å². The van der Waals surface area contributed by atoms with Crippen molar-refractivity contribution in [3.8, 4) is 11.5 Å². The second kappa shape index (κ2) is 19.9. The van der Waals surface area contributed by atoms with Gasteiger partial charge in [-0.3, -0.25) is 14.9 Å². The van der Waals surface area contributed by atoms with E-state index in [-0.39, 0.29) is 67.9 Å². The van der Waals surface area contributed by atoms with E-state index in [0.29, 0.717) is 42.8 Å². The van der Waals surface area contributed by atoms with Crippen molar-refractivity contribution in [1.29, 1.82) is 0 Å². The summed E-state index contributed by atoms with van der Waals surface area (Å²) in [5.41, 5.74) is 3.96. The van der Waals surface area contributed by atoms with Gasteiger partial charge in [-0.15, -0.1) is 6.58 Å². The Bertz CT molecular complexity index is 1960. The Morgan fingerprint density at radius 2 is 1.79 bits per heavy atom. The Balaban J connectivity index is 1.53. The predicted octanol–water partition coefficient (Wildman–Crippen LogP) is 8.09.